The second kappa shape index (κ2) is 8.00. The molecule has 1 amide bonds. The van der Waals surface area contributed by atoms with Gasteiger partial charge < -0.3 is 14.8 Å². The minimum absolute atomic E-state index is 0.0378. The molecule has 0 fully saturated rings. The van der Waals surface area contributed by atoms with Gasteiger partial charge in [0.15, 0.2) is 11.5 Å². The number of carbonyl (C=O) groups excluding carboxylic acids is 1. The standard InChI is InChI=1S/C17H19BrN2O3S/c1-2-20(10-13-4-6-16(18)24-13)11-17(21)19-12-3-5-14-15(9-12)23-8-7-22-14/h3-6,9H,2,7-8,10-11H2,1H3,(H,19,21). The molecule has 0 aliphatic carbocycles. The zero-order valence-electron chi connectivity index (χ0n) is 13.4. The minimum Gasteiger partial charge on any atom is -0.486 e. The van der Waals surface area contributed by atoms with Crippen LogP contribution in [0.15, 0.2) is 34.1 Å². The molecule has 0 saturated carbocycles. The molecule has 2 heterocycles. The maximum Gasteiger partial charge on any atom is 0.238 e. The molecule has 1 N–H and O–H groups in total. The van der Waals surface area contributed by atoms with Crippen molar-refractivity contribution in [2.24, 2.45) is 0 Å². The highest BCUT2D eigenvalue weighted by atomic mass is 79.9. The van der Waals surface area contributed by atoms with Gasteiger partial charge in [0.25, 0.3) is 0 Å². The van der Waals surface area contributed by atoms with E-state index in [1.54, 1.807) is 17.4 Å². The second-order valence-electron chi connectivity index (χ2n) is 5.42. The van der Waals surface area contributed by atoms with Gasteiger partial charge in [0, 0.05) is 23.2 Å². The number of amides is 1. The summed E-state index contributed by atoms with van der Waals surface area (Å²) in [6.07, 6.45) is 0. The smallest absolute Gasteiger partial charge is 0.238 e. The number of hydrogen-bond acceptors (Lipinski definition) is 5. The van der Waals surface area contributed by atoms with E-state index in [0.29, 0.717) is 25.5 Å². The van der Waals surface area contributed by atoms with Crippen LogP contribution in [0.2, 0.25) is 0 Å². The predicted molar refractivity (Wildman–Crippen MR) is 99.0 cm³/mol. The highest BCUT2D eigenvalue weighted by Crippen LogP contribution is 2.32. The van der Waals surface area contributed by atoms with Crippen LogP contribution in [-0.2, 0) is 11.3 Å². The summed E-state index contributed by atoms with van der Waals surface area (Å²) in [5.74, 6) is 1.36. The third-order valence-electron chi connectivity index (χ3n) is 3.65. The molecule has 0 saturated heterocycles. The molecule has 0 atom stereocenters. The number of benzene rings is 1. The molecular formula is C17H19BrN2O3S. The molecule has 2 aromatic rings. The third kappa shape index (κ3) is 4.49. The van der Waals surface area contributed by atoms with E-state index >= 15 is 0 Å². The van der Waals surface area contributed by atoms with Crippen molar-refractivity contribution >= 4 is 38.9 Å². The predicted octanol–water partition coefficient (Wildman–Crippen LogP) is 3.74. The fraction of sp³-hybridized carbons (Fsp3) is 0.353. The van der Waals surface area contributed by atoms with Crippen LogP contribution in [-0.4, -0.2) is 37.1 Å². The molecule has 0 unspecified atom stereocenters. The van der Waals surface area contributed by atoms with Crippen molar-refractivity contribution in [1.82, 2.24) is 4.90 Å². The van der Waals surface area contributed by atoms with Gasteiger partial charge in [0.05, 0.1) is 10.3 Å². The van der Waals surface area contributed by atoms with Crippen molar-refractivity contribution < 1.29 is 14.3 Å². The Bertz CT molecular complexity index is 720. The van der Waals surface area contributed by atoms with Gasteiger partial charge in [-0.2, -0.15) is 0 Å². The quantitative estimate of drug-likeness (QED) is 0.787. The van der Waals surface area contributed by atoms with E-state index < -0.39 is 0 Å². The number of halogens is 1. The summed E-state index contributed by atoms with van der Waals surface area (Å²) < 4.78 is 12.1. The molecule has 0 radical (unpaired) electrons. The van der Waals surface area contributed by atoms with Gasteiger partial charge in [0.2, 0.25) is 5.91 Å². The van der Waals surface area contributed by atoms with Crippen molar-refractivity contribution in [1.29, 1.82) is 0 Å². The number of nitrogens with one attached hydrogen (secondary N) is 1. The summed E-state index contributed by atoms with van der Waals surface area (Å²) in [6.45, 7) is 5.07. The monoisotopic (exact) mass is 410 g/mol. The van der Waals surface area contributed by atoms with Crippen molar-refractivity contribution in [3.8, 4) is 11.5 Å². The first-order valence-corrected chi connectivity index (χ1v) is 9.41. The molecule has 5 nitrogen and oxygen atoms in total. The molecule has 0 spiro atoms. The summed E-state index contributed by atoms with van der Waals surface area (Å²) >= 11 is 5.16. The van der Waals surface area contributed by atoms with Crippen LogP contribution in [0.4, 0.5) is 5.69 Å². The summed E-state index contributed by atoms with van der Waals surface area (Å²) in [7, 11) is 0. The maximum atomic E-state index is 12.3. The Morgan fingerprint density at radius 2 is 2.04 bits per heavy atom. The number of ether oxygens (including phenoxy) is 2. The molecule has 1 aliphatic heterocycles. The van der Waals surface area contributed by atoms with Crippen molar-refractivity contribution in [2.45, 2.75) is 13.5 Å². The lowest BCUT2D eigenvalue weighted by Gasteiger charge is -2.20. The fourth-order valence-corrected chi connectivity index (χ4v) is 3.99. The van der Waals surface area contributed by atoms with Gasteiger partial charge in [-0.05, 0) is 46.7 Å². The van der Waals surface area contributed by atoms with Gasteiger partial charge >= 0.3 is 0 Å². The molecular weight excluding hydrogens is 392 g/mol. The summed E-state index contributed by atoms with van der Waals surface area (Å²) in [6, 6.07) is 9.57. The lowest BCUT2D eigenvalue weighted by Crippen LogP contribution is -2.32. The molecule has 3 rings (SSSR count). The lowest BCUT2D eigenvalue weighted by molar-refractivity contribution is -0.117. The fourth-order valence-electron chi connectivity index (χ4n) is 2.46. The summed E-state index contributed by atoms with van der Waals surface area (Å²) in [5.41, 5.74) is 0.721. The maximum absolute atomic E-state index is 12.3. The Hall–Kier alpha value is -1.57. The van der Waals surface area contributed by atoms with E-state index in [9.17, 15) is 4.79 Å². The van der Waals surface area contributed by atoms with Crippen molar-refractivity contribution in [2.75, 3.05) is 31.6 Å². The number of likely N-dealkylation sites (N-methyl/N-ethyl adjacent to an activating group) is 1. The third-order valence-corrected chi connectivity index (χ3v) is 5.26. The van der Waals surface area contributed by atoms with Crippen LogP contribution in [0.1, 0.15) is 11.8 Å². The van der Waals surface area contributed by atoms with Crippen LogP contribution in [0.3, 0.4) is 0 Å². The van der Waals surface area contributed by atoms with E-state index in [4.69, 9.17) is 9.47 Å². The Morgan fingerprint density at radius 1 is 1.25 bits per heavy atom. The Labute approximate surface area is 153 Å². The molecule has 24 heavy (non-hydrogen) atoms. The van der Waals surface area contributed by atoms with Gasteiger partial charge in [-0.1, -0.05) is 6.92 Å². The van der Waals surface area contributed by atoms with E-state index in [2.05, 4.69) is 39.1 Å². The van der Waals surface area contributed by atoms with Crippen LogP contribution >= 0.6 is 27.3 Å². The highest BCUT2D eigenvalue weighted by molar-refractivity contribution is 9.11. The number of hydrogen-bond donors (Lipinski definition) is 1. The highest BCUT2D eigenvalue weighted by Gasteiger charge is 2.14. The summed E-state index contributed by atoms with van der Waals surface area (Å²) in [4.78, 5) is 15.6. The topological polar surface area (TPSA) is 50.8 Å². The zero-order chi connectivity index (χ0) is 16.9. The van der Waals surface area contributed by atoms with Crippen LogP contribution < -0.4 is 14.8 Å². The average molecular weight is 411 g/mol. The number of rotatable bonds is 6. The SMILES string of the molecule is CCN(CC(=O)Nc1ccc2c(c1)OCCO2)Cc1ccc(Br)s1. The minimum atomic E-state index is -0.0378. The Balaban J connectivity index is 1.57. The van der Waals surface area contributed by atoms with Gasteiger partial charge in [-0.25, -0.2) is 0 Å². The normalized spacial score (nSPS) is 13.1. The number of carbonyl (C=O) groups is 1. The molecule has 7 heteroatoms. The first-order chi connectivity index (χ1) is 11.6. The number of thiophene rings is 1. The van der Waals surface area contributed by atoms with E-state index in [-0.39, 0.29) is 5.91 Å². The van der Waals surface area contributed by atoms with Crippen molar-refractivity contribution in [3.63, 3.8) is 0 Å². The van der Waals surface area contributed by atoms with E-state index in [1.165, 1.54) is 4.88 Å². The zero-order valence-corrected chi connectivity index (χ0v) is 15.8. The average Bonchev–Trinajstić information content (AvgIpc) is 2.99. The van der Waals surface area contributed by atoms with Gasteiger partial charge in [-0.3, -0.25) is 9.69 Å². The van der Waals surface area contributed by atoms with E-state index in [1.807, 2.05) is 18.2 Å². The first kappa shape index (κ1) is 17.3. The number of fused-ring (bicyclic) bond motifs is 1. The van der Waals surface area contributed by atoms with E-state index in [0.717, 1.165) is 28.3 Å². The Kier molecular flexibility index (Phi) is 5.76. The van der Waals surface area contributed by atoms with Crippen LogP contribution in [0, 0.1) is 0 Å². The van der Waals surface area contributed by atoms with Crippen LogP contribution in [0.25, 0.3) is 0 Å². The second-order valence-corrected chi connectivity index (χ2v) is 7.96. The van der Waals surface area contributed by atoms with Gasteiger partial charge in [-0.15, -0.1) is 11.3 Å². The molecule has 128 valence electrons. The summed E-state index contributed by atoms with van der Waals surface area (Å²) in [5, 5.41) is 2.93. The largest absolute Gasteiger partial charge is 0.486 e. The number of nitrogens with zero attached hydrogens (tertiary/aromatic N) is 1. The molecule has 1 aliphatic rings. The Morgan fingerprint density at radius 3 is 2.75 bits per heavy atom. The van der Waals surface area contributed by atoms with Crippen molar-refractivity contribution in [3.05, 3.63) is 39.0 Å². The lowest BCUT2D eigenvalue weighted by atomic mass is 10.2. The number of anilines is 1. The first-order valence-electron chi connectivity index (χ1n) is 7.80. The molecule has 1 aromatic heterocycles. The van der Waals surface area contributed by atoms with Crippen LogP contribution in [0.5, 0.6) is 11.5 Å². The molecule has 0 bridgehead atoms. The molecule has 1 aromatic carbocycles. The van der Waals surface area contributed by atoms with Gasteiger partial charge in [0.1, 0.15) is 13.2 Å².